The summed E-state index contributed by atoms with van der Waals surface area (Å²) in [6.07, 6.45) is 1.88. The van der Waals surface area contributed by atoms with Gasteiger partial charge < -0.3 is 5.11 Å². The Labute approximate surface area is 286 Å². The molecule has 0 bridgehead atoms. The predicted octanol–water partition coefficient (Wildman–Crippen LogP) is 11.4. The van der Waals surface area contributed by atoms with E-state index in [9.17, 15) is 5.11 Å². The Morgan fingerprint density at radius 2 is 1.33 bits per heavy atom. The number of nitrogens with zero attached hydrogens (tertiary/aromatic N) is 4. The minimum absolute atomic E-state index is 0.0936. The molecule has 0 unspecified atom stereocenters. The maximum absolute atomic E-state index is 10.9. The molecule has 3 heterocycles. The van der Waals surface area contributed by atoms with Gasteiger partial charge in [-0.25, -0.2) is 9.97 Å². The molecule has 5 heteroatoms. The molecular weight excluding hydrogens is 601 g/mol. The van der Waals surface area contributed by atoms with Crippen LogP contribution in [-0.4, -0.2) is 19.6 Å². The van der Waals surface area contributed by atoms with Gasteiger partial charge in [0, 0.05) is 33.9 Å². The smallest absolute Gasteiger partial charge is 0.146 e. The molecule has 0 radical (unpaired) electrons. The van der Waals surface area contributed by atoms with E-state index in [0.717, 1.165) is 61.5 Å². The van der Waals surface area contributed by atoms with Gasteiger partial charge in [-0.3, -0.25) is 9.47 Å². The van der Waals surface area contributed by atoms with Crippen molar-refractivity contribution in [3.8, 4) is 33.8 Å². The number of fused-ring (bicyclic) bond motifs is 3. The van der Waals surface area contributed by atoms with Crippen LogP contribution in [0.4, 0.5) is 17.2 Å². The molecule has 49 heavy (non-hydrogen) atoms. The van der Waals surface area contributed by atoms with Crippen molar-refractivity contribution >= 4 is 39.1 Å². The van der Waals surface area contributed by atoms with Crippen molar-refractivity contribution < 1.29 is 5.11 Å². The summed E-state index contributed by atoms with van der Waals surface area (Å²) in [6.45, 7) is 6.71. The second-order valence-corrected chi connectivity index (χ2v) is 13.4. The number of hydrogen-bond acceptors (Lipinski definition) is 4. The van der Waals surface area contributed by atoms with Crippen molar-refractivity contribution in [2.75, 3.05) is 4.90 Å². The van der Waals surface area contributed by atoms with Crippen LogP contribution < -0.4 is 4.90 Å². The standard InChI is InChI=1S/C44H36N4O/c1-44(2,3)33-22-20-30(21-23-33)31-26-27-45-42(29-31)47(34-13-5-4-6-14-34)35-15-11-12-32(28-35)38-25-24-37-36-16-7-8-17-39(36)48(43(37)46-38)40-18-9-10-19-41(40)49/h4-29,49H,1-3H3. The fraction of sp³-hybridized carbons (Fsp3) is 0.0909. The molecule has 238 valence electrons. The van der Waals surface area contributed by atoms with Crippen LogP contribution in [0.5, 0.6) is 5.75 Å². The van der Waals surface area contributed by atoms with E-state index in [1.165, 1.54) is 5.56 Å². The number of benzene rings is 5. The van der Waals surface area contributed by atoms with Crippen molar-refractivity contribution in [2.24, 2.45) is 0 Å². The molecule has 0 fully saturated rings. The van der Waals surface area contributed by atoms with Gasteiger partial charge in [0.15, 0.2) is 0 Å². The van der Waals surface area contributed by atoms with Crippen LogP contribution in [0.25, 0.3) is 50.0 Å². The lowest BCUT2D eigenvalue weighted by molar-refractivity contribution is 0.473. The Balaban J connectivity index is 1.24. The molecule has 0 amide bonds. The first kappa shape index (κ1) is 30.2. The van der Waals surface area contributed by atoms with Crippen molar-refractivity contribution in [1.29, 1.82) is 0 Å². The predicted molar refractivity (Wildman–Crippen MR) is 202 cm³/mol. The maximum atomic E-state index is 10.9. The highest BCUT2D eigenvalue weighted by molar-refractivity contribution is 6.08. The monoisotopic (exact) mass is 636 g/mol. The molecule has 5 aromatic carbocycles. The lowest BCUT2D eigenvalue weighted by atomic mass is 9.86. The van der Waals surface area contributed by atoms with Crippen LogP contribution >= 0.6 is 0 Å². The second kappa shape index (κ2) is 12.1. The highest BCUT2D eigenvalue weighted by Gasteiger charge is 2.19. The zero-order valence-corrected chi connectivity index (χ0v) is 27.7. The van der Waals surface area contributed by atoms with E-state index in [-0.39, 0.29) is 11.2 Å². The van der Waals surface area contributed by atoms with Crippen LogP contribution in [-0.2, 0) is 5.41 Å². The molecular formula is C44H36N4O. The van der Waals surface area contributed by atoms with E-state index in [1.807, 2.05) is 47.2 Å². The molecule has 0 aliphatic rings. The minimum atomic E-state index is 0.0936. The third-order valence-corrected chi connectivity index (χ3v) is 9.12. The Morgan fingerprint density at radius 1 is 0.592 bits per heavy atom. The number of phenolic OH excluding ortho intramolecular Hbond substituents is 1. The summed E-state index contributed by atoms with van der Waals surface area (Å²) in [5.41, 5.74) is 9.92. The number of aromatic nitrogens is 3. The SMILES string of the molecule is CC(C)(C)c1ccc(-c2ccnc(N(c3ccccc3)c3cccc(-c4ccc5c6ccccc6n(-c6ccccc6O)c5n4)c3)c2)cc1. The van der Waals surface area contributed by atoms with E-state index < -0.39 is 0 Å². The fourth-order valence-corrected chi connectivity index (χ4v) is 6.58. The zero-order valence-electron chi connectivity index (χ0n) is 27.7. The van der Waals surface area contributed by atoms with Crippen LogP contribution in [0.3, 0.4) is 0 Å². The van der Waals surface area contributed by atoms with Gasteiger partial charge in [0.2, 0.25) is 0 Å². The quantitative estimate of drug-likeness (QED) is 0.197. The number of aromatic hydroxyl groups is 1. The molecule has 0 atom stereocenters. The summed E-state index contributed by atoms with van der Waals surface area (Å²) in [7, 11) is 0. The Bertz CT molecular complexity index is 2440. The molecule has 8 rings (SSSR count). The highest BCUT2D eigenvalue weighted by atomic mass is 16.3. The summed E-state index contributed by atoms with van der Waals surface area (Å²) in [6, 6.07) is 51.7. The molecule has 0 saturated heterocycles. The average Bonchev–Trinajstić information content (AvgIpc) is 3.46. The maximum Gasteiger partial charge on any atom is 0.146 e. The lowest BCUT2D eigenvalue weighted by Gasteiger charge is -2.25. The summed E-state index contributed by atoms with van der Waals surface area (Å²) in [5.74, 6) is 1.03. The average molecular weight is 637 g/mol. The van der Waals surface area contributed by atoms with Gasteiger partial charge >= 0.3 is 0 Å². The summed E-state index contributed by atoms with van der Waals surface area (Å²) in [5, 5.41) is 13.0. The number of pyridine rings is 2. The number of phenols is 1. The zero-order chi connectivity index (χ0) is 33.5. The van der Waals surface area contributed by atoms with Gasteiger partial charge in [0.25, 0.3) is 0 Å². The van der Waals surface area contributed by atoms with Crippen LogP contribution in [0.15, 0.2) is 158 Å². The normalized spacial score (nSPS) is 11.7. The topological polar surface area (TPSA) is 54.2 Å². The largest absolute Gasteiger partial charge is 0.506 e. The summed E-state index contributed by atoms with van der Waals surface area (Å²) >= 11 is 0. The highest BCUT2D eigenvalue weighted by Crippen LogP contribution is 2.39. The Kier molecular flexibility index (Phi) is 7.45. The van der Waals surface area contributed by atoms with Crippen molar-refractivity contribution in [2.45, 2.75) is 26.2 Å². The number of anilines is 3. The lowest BCUT2D eigenvalue weighted by Crippen LogP contribution is -2.12. The van der Waals surface area contributed by atoms with E-state index in [0.29, 0.717) is 5.69 Å². The Morgan fingerprint density at radius 3 is 2.12 bits per heavy atom. The second-order valence-electron chi connectivity index (χ2n) is 13.4. The summed E-state index contributed by atoms with van der Waals surface area (Å²) in [4.78, 5) is 12.3. The third-order valence-electron chi connectivity index (χ3n) is 9.12. The van der Waals surface area contributed by atoms with Gasteiger partial charge in [-0.05, 0) is 88.8 Å². The van der Waals surface area contributed by atoms with E-state index in [2.05, 4.69) is 135 Å². The first-order chi connectivity index (χ1) is 23.8. The Hall–Kier alpha value is -6.20. The van der Waals surface area contributed by atoms with E-state index >= 15 is 0 Å². The molecule has 5 nitrogen and oxygen atoms in total. The van der Waals surface area contributed by atoms with Gasteiger partial charge in [-0.2, -0.15) is 0 Å². The number of para-hydroxylation sites is 4. The molecule has 3 aromatic heterocycles. The van der Waals surface area contributed by atoms with Gasteiger partial charge in [0.1, 0.15) is 17.2 Å². The first-order valence-corrected chi connectivity index (χ1v) is 16.6. The van der Waals surface area contributed by atoms with E-state index in [4.69, 9.17) is 9.97 Å². The number of rotatable bonds is 6. The van der Waals surface area contributed by atoms with Crippen molar-refractivity contribution in [3.63, 3.8) is 0 Å². The first-order valence-electron chi connectivity index (χ1n) is 16.6. The minimum Gasteiger partial charge on any atom is -0.506 e. The molecule has 0 saturated carbocycles. The summed E-state index contributed by atoms with van der Waals surface area (Å²) < 4.78 is 2.05. The third kappa shape index (κ3) is 5.59. The molecule has 1 N–H and O–H groups in total. The van der Waals surface area contributed by atoms with Crippen LogP contribution in [0, 0.1) is 0 Å². The van der Waals surface area contributed by atoms with Crippen molar-refractivity contribution in [1.82, 2.24) is 14.5 Å². The van der Waals surface area contributed by atoms with E-state index in [1.54, 1.807) is 6.07 Å². The molecule has 0 aliphatic carbocycles. The number of hydrogen-bond donors (Lipinski definition) is 1. The van der Waals surface area contributed by atoms with Gasteiger partial charge in [-0.1, -0.05) is 106 Å². The molecule has 8 aromatic rings. The van der Waals surface area contributed by atoms with Crippen LogP contribution in [0.1, 0.15) is 26.3 Å². The molecule has 0 aliphatic heterocycles. The fourth-order valence-electron chi connectivity index (χ4n) is 6.58. The van der Waals surface area contributed by atoms with Gasteiger partial charge in [-0.15, -0.1) is 0 Å². The van der Waals surface area contributed by atoms with Crippen molar-refractivity contribution in [3.05, 3.63) is 163 Å². The van der Waals surface area contributed by atoms with Gasteiger partial charge in [0.05, 0.1) is 16.9 Å². The molecule has 0 spiro atoms. The van der Waals surface area contributed by atoms with Crippen LogP contribution in [0.2, 0.25) is 0 Å².